The van der Waals surface area contributed by atoms with Crippen LogP contribution in [0.1, 0.15) is 31.9 Å². The first kappa shape index (κ1) is 26.0. The van der Waals surface area contributed by atoms with E-state index in [1.807, 2.05) is 24.3 Å². The first-order chi connectivity index (χ1) is 15.4. The Bertz CT molecular complexity index is 1100. The molecule has 6 nitrogen and oxygen atoms in total. The van der Waals surface area contributed by atoms with Gasteiger partial charge in [0.15, 0.2) is 0 Å². The SMILES string of the molecule is CC(C)(C)OC(=O)CN1C(=O)SC(=Cc2cc(Br)c(OCc3ccc(Br)cc3)c(Br)c2)C1=O. The molecule has 0 aromatic heterocycles. The second-order valence-electron chi connectivity index (χ2n) is 8.08. The van der Waals surface area contributed by atoms with Gasteiger partial charge in [-0.15, -0.1) is 0 Å². The number of benzene rings is 2. The Labute approximate surface area is 221 Å². The highest BCUT2D eigenvalue weighted by molar-refractivity contribution is 9.11. The number of carbonyl (C=O) groups excluding carboxylic acids is 3. The van der Waals surface area contributed by atoms with Crippen molar-refractivity contribution in [3.63, 3.8) is 0 Å². The summed E-state index contributed by atoms with van der Waals surface area (Å²) in [5.41, 5.74) is 1.00. The summed E-state index contributed by atoms with van der Waals surface area (Å²) in [5, 5.41) is -0.510. The Morgan fingerprint density at radius 3 is 2.24 bits per heavy atom. The van der Waals surface area contributed by atoms with Crippen LogP contribution in [0.3, 0.4) is 0 Å². The lowest BCUT2D eigenvalue weighted by Gasteiger charge is -2.21. The maximum atomic E-state index is 12.7. The van der Waals surface area contributed by atoms with Crippen molar-refractivity contribution < 1.29 is 23.9 Å². The van der Waals surface area contributed by atoms with Crippen molar-refractivity contribution in [2.75, 3.05) is 6.54 Å². The van der Waals surface area contributed by atoms with E-state index in [2.05, 4.69) is 47.8 Å². The molecule has 0 aliphatic carbocycles. The van der Waals surface area contributed by atoms with Crippen LogP contribution in [0.2, 0.25) is 0 Å². The third-order valence-electron chi connectivity index (χ3n) is 4.20. The molecule has 0 N–H and O–H groups in total. The van der Waals surface area contributed by atoms with E-state index < -0.39 is 29.3 Å². The Balaban J connectivity index is 1.72. The average Bonchev–Trinajstić information content (AvgIpc) is 2.94. The third-order valence-corrected chi connectivity index (χ3v) is 6.81. The van der Waals surface area contributed by atoms with Crippen molar-refractivity contribution in [1.29, 1.82) is 0 Å². The molecule has 0 bridgehead atoms. The van der Waals surface area contributed by atoms with E-state index in [-0.39, 0.29) is 4.91 Å². The van der Waals surface area contributed by atoms with Gasteiger partial charge in [0.2, 0.25) is 0 Å². The van der Waals surface area contributed by atoms with Gasteiger partial charge in [-0.25, -0.2) is 0 Å². The molecular weight excluding hydrogens is 642 g/mol. The van der Waals surface area contributed by atoms with Crippen LogP contribution in [-0.4, -0.2) is 34.2 Å². The van der Waals surface area contributed by atoms with Gasteiger partial charge < -0.3 is 9.47 Å². The number of rotatable bonds is 6. The van der Waals surface area contributed by atoms with Gasteiger partial charge in [0.05, 0.1) is 13.9 Å². The summed E-state index contributed by atoms with van der Waals surface area (Å²) in [5.74, 6) is -0.546. The lowest BCUT2D eigenvalue weighted by molar-refractivity contribution is -0.156. The molecule has 174 valence electrons. The van der Waals surface area contributed by atoms with E-state index in [0.29, 0.717) is 26.9 Å². The topological polar surface area (TPSA) is 72.9 Å². The van der Waals surface area contributed by atoms with Gasteiger partial charge in [0.25, 0.3) is 11.1 Å². The van der Waals surface area contributed by atoms with Crippen LogP contribution in [0, 0.1) is 0 Å². The molecule has 0 unspecified atom stereocenters. The predicted molar refractivity (Wildman–Crippen MR) is 139 cm³/mol. The molecular formula is C23H20Br3NO5S. The number of halogens is 3. The molecule has 1 fully saturated rings. The Morgan fingerprint density at radius 1 is 1.06 bits per heavy atom. The van der Waals surface area contributed by atoms with Gasteiger partial charge in [-0.2, -0.15) is 0 Å². The van der Waals surface area contributed by atoms with E-state index in [9.17, 15) is 14.4 Å². The molecule has 0 atom stereocenters. The zero-order valence-electron chi connectivity index (χ0n) is 18.0. The van der Waals surface area contributed by atoms with Gasteiger partial charge in [-0.1, -0.05) is 28.1 Å². The molecule has 0 radical (unpaired) electrons. The van der Waals surface area contributed by atoms with Crippen molar-refractivity contribution in [3.8, 4) is 5.75 Å². The molecule has 10 heteroatoms. The van der Waals surface area contributed by atoms with Crippen LogP contribution in [-0.2, 0) is 20.9 Å². The number of nitrogens with zero attached hydrogens (tertiary/aromatic N) is 1. The molecule has 33 heavy (non-hydrogen) atoms. The Kier molecular flexibility index (Phi) is 8.47. The van der Waals surface area contributed by atoms with Crippen LogP contribution in [0.15, 0.2) is 54.7 Å². The van der Waals surface area contributed by atoms with Crippen LogP contribution in [0.25, 0.3) is 6.08 Å². The van der Waals surface area contributed by atoms with E-state index in [1.54, 1.807) is 39.0 Å². The predicted octanol–water partition coefficient (Wildman–Crippen LogP) is 6.93. The molecule has 2 aromatic rings. The zero-order chi connectivity index (χ0) is 24.3. The maximum absolute atomic E-state index is 12.7. The fourth-order valence-electron chi connectivity index (χ4n) is 2.83. The van der Waals surface area contributed by atoms with E-state index in [4.69, 9.17) is 9.47 Å². The highest BCUT2D eigenvalue weighted by Gasteiger charge is 2.37. The highest BCUT2D eigenvalue weighted by atomic mass is 79.9. The lowest BCUT2D eigenvalue weighted by atomic mass is 10.2. The first-order valence-corrected chi connectivity index (χ1v) is 13.0. The quantitative estimate of drug-likeness (QED) is 0.247. The van der Waals surface area contributed by atoms with E-state index >= 15 is 0 Å². The summed E-state index contributed by atoms with van der Waals surface area (Å²) < 4.78 is 13.5. The molecule has 0 spiro atoms. The summed E-state index contributed by atoms with van der Waals surface area (Å²) in [7, 11) is 0. The molecule has 1 heterocycles. The maximum Gasteiger partial charge on any atom is 0.326 e. The van der Waals surface area contributed by atoms with E-state index in [1.165, 1.54) is 0 Å². The van der Waals surface area contributed by atoms with Crippen LogP contribution in [0.5, 0.6) is 5.75 Å². The minimum atomic E-state index is -0.700. The number of esters is 1. The molecule has 1 saturated heterocycles. The zero-order valence-corrected chi connectivity index (χ0v) is 23.6. The number of ether oxygens (including phenoxy) is 2. The Morgan fingerprint density at radius 2 is 1.67 bits per heavy atom. The van der Waals surface area contributed by atoms with Crippen molar-refractivity contribution in [2.45, 2.75) is 33.0 Å². The van der Waals surface area contributed by atoms with Gasteiger partial charge in [-0.3, -0.25) is 19.3 Å². The van der Waals surface area contributed by atoms with Gasteiger partial charge in [0.1, 0.15) is 24.5 Å². The van der Waals surface area contributed by atoms with E-state index in [0.717, 1.165) is 26.7 Å². The summed E-state index contributed by atoms with van der Waals surface area (Å²) >= 11 is 11.2. The standard InChI is InChI=1S/C23H20Br3NO5S/c1-23(2,3)32-19(28)11-27-21(29)18(33-22(27)30)10-14-8-16(25)20(17(26)9-14)31-12-13-4-6-15(24)7-5-13/h4-10H,11-12H2,1-3H3. The van der Waals surface area contributed by atoms with Crippen molar-refractivity contribution in [3.05, 3.63) is 65.8 Å². The number of carbonyl (C=O) groups is 3. The van der Waals surface area contributed by atoms with Gasteiger partial charge in [0, 0.05) is 4.47 Å². The van der Waals surface area contributed by atoms with Crippen molar-refractivity contribution in [2.24, 2.45) is 0 Å². The smallest absolute Gasteiger partial charge is 0.326 e. The molecule has 2 amide bonds. The fraction of sp³-hybridized carbons (Fsp3) is 0.261. The summed E-state index contributed by atoms with van der Waals surface area (Å²) in [4.78, 5) is 38.2. The first-order valence-electron chi connectivity index (χ1n) is 9.76. The van der Waals surface area contributed by atoms with Gasteiger partial charge >= 0.3 is 5.97 Å². The average molecular weight is 662 g/mol. The third kappa shape index (κ3) is 7.18. The number of hydrogen-bond donors (Lipinski definition) is 0. The Hall–Kier alpha value is -1.62. The second-order valence-corrected chi connectivity index (χ2v) is 11.7. The number of amides is 2. The van der Waals surface area contributed by atoms with Gasteiger partial charge in [-0.05, 0) is 106 Å². The monoisotopic (exact) mass is 659 g/mol. The molecule has 1 aliphatic heterocycles. The minimum absolute atomic E-state index is 0.228. The number of thioether (sulfide) groups is 1. The van der Waals surface area contributed by atoms with Crippen molar-refractivity contribution >= 4 is 82.7 Å². The van der Waals surface area contributed by atoms with Crippen LogP contribution in [0.4, 0.5) is 4.79 Å². The second kappa shape index (κ2) is 10.8. The number of imide groups is 1. The summed E-state index contributed by atoms with van der Waals surface area (Å²) in [6.45, 7) is 5.13. The summed E-state index contributed by atoms with van der Waals surface area (Å²) in [6.07, 6.45) is 1.61. The molecule has 3 rings (SSSR count). The lowest BCUT2D eigenvalue weighted by Crippen LogP contribution is -2.37. The molecule has 1 aliphatic rings. The van der Waals surface area contributed by atoms with Crippen molar-refractivity contribution in [1.82, 2.24) is 4.90 Å². The normalized spacial score (nSPS) is 15.3. The number of hydrogen-bond acceptors (Lipinski definition) is 6. The minimum Gasteiger partial charge on any atom is -0.487 e. The fourth-order valence-corrected chi connectivity index (χ4v) is 5.38. The molecule has 2 aromatic carbocycles. The molecule has 0 saturated carbocycles. The van der Waals surface area contributed by atoms with Crippen LogP contribution < -0.4 is 4.74 Å². The highest BCUT2D eigenvalue weighted by Crippen LogP contribution is 2.38. The largest absolute Gasteiger partial charge is 0.487 e. The van der Waals surface area contributed by atoms with Crippen LogP contribution >= 0.6 is 59.6 Å². The summed E-state index contributed by atoms with van der Waals surface area (Å²) in [6, 6.07) is 11.4.